The molecule has 0 fully saturated rings. The van der Waals surface area contributed by atoms with Gasteiger partial charge in [-0.3, -0.25) is 19.1 Å². The summed E-state index contributed by atoms with van der Waals surface area (Å²) in [5, 5.41) is 11.9. The van der Waals surface area contributed by atoms with Crippen LogP contribution in [0.25, 0.3) is 5.69 Å². The van der Waals surface area contributed by atoms with Crippen molar-refractivity contribution in [3.05, 3.63) is 50.7 Å². The zero-order chi connectivity index (χ0) is 21.8. The highest BCUT2D eigenvalue weighted by Crippen LogP contribution is 2.26. The van der Waals surface area contributed by atoms with Crippen LogP contribution < -0.4 is 21.7 Å². The quantitative estimate of drug-likeness (QED) is 0.388. The van der Waals surface area contributed by atoms with Crippen LogP contribution in [-0.4, -0.2) is 48.4 Å². The van der Waals surface area contributed by atoms with Crippen molar-refractivity contribution in [1.29, 1.82) is 0 Å². The number of nitrogen functional groups attached to an aromatic ring is 1. The number of benzene rings is 1. The molecule has 11 nitrogen and oxygen atoms in total. The van der Waals surface area contributed by atoms with Crippen molar-refractivity contribution < 1.29 is 9.53 Å². The first kappa shape index (κ1) is 21.3. The van der Waals surface area contributed by atoms with Crippen molar-refractivity contribution in [3.63, 3.8) is 0 Å². The Balaban J connectivity index is 1.87. The molecule has 3 rings (SSSR count). The van der Waals surface area contributed by atoms with Crippen LogP contribution in [0.2, 0.25) is 0 Å². The van der Waals surface area contributed by atoms with Crippen molar-refractivity contribution >= 4 is 23.4 Å². The van der Waals surface area contributed by atoms with Gasteiger partial charge in [-0.05, 0) is 28.5 Å². The van der Waals surface area contributed by atoms with Crippen molar-refractivity contribution in [2.24, 2.45) is 5.92 Å². The first-order chi connectivity index (χ1) is 14.3. The van der Waals surface area contributed by atoms with E-state index in [-0.39, 0.29) is 29.6 Å². The number of rotatable bonds is 8. The Morgan fingerprint density at radius 2 is 2.03 bits per heavy atom. The number of Topliss-reactive ketones (excluding diaryl/α,β-unsaturated/α-hetero) is 1. The lowest BCUT2D eigenvalue weighted by atomic mass is 10.2. The third-order valence-electron chi connectivity index (χ3n) is 4.15. The van der Waals surface area contributed by atoms with E-state index in [2.05, 4.69) is 20.5 Å². The summed E-state index contributed by atoms with van der Waals surface area (Å²) in [6, 6.07) is 7.14. The second-order valence-electron chi connectivity index (χ2n) is 6.78. The minimum atomic E-state index is -0.813. The number of ketones is 1. The summed E-state index contributed by atoms with van der Waals surface area (Å²) in [5.41, 5.74) is 4.89. The van der Waals surface area contributed by atoms with Gasteiger partial charge in [0.25, 0.3) is 5.56 Å². The molecule has 158 valence electrons. The highest BCUT2D eigenvalue weighted by molar-refractivity contribution is 7.99. The summed E-state index contributed by atoms with van der Waals surface area (Å²) < 4.78 is 7.95. The lowest BCUT2D eigenvalue weighted by Gasteiger charge is -2.13. The number of tetrazole rings is 1. The van der Waals surface area contributed by atoms with Crippen LogP contribution >= 0.6 is 11.8 Å². The number of para-hydroxylation sites is 2. The van der Waals surface area contributed by atoms with E-state index < -0.39 is 17.0 Å². The molecule has 0 unspecified atom stereocenters. The van der Waals surface area contributed by atoms with Crippen LogP contribution in [0.15, 0.2) is 39.0 Å². The number of anilines is 1. The number of hydrogen-bond acceptors (Lipinski definition) is 9. The fourth-order valence-electron chi connectivity index (χ4n) is 2.83. The van der Waals surface area contributed by atoms with Gasteiger partial charge < -0.3 is 10.5 Å². The topological polar surface area (TPSA) is 151 Å². The Hall–Kier alpha value is -3.41. The Bertz CT molecular complexity index is 1180. The number of carbonyl (C=O) groups excluding carboxylic acids is 1. The third kappa shape index (κ3) is 4.27. The summed E-state index contributed by atoms with van der Waals surface area (Å²) >= 11 is 1.04. The van der Waals surface area contributed by atoms with Gasteiger partial charge in [-0.15, -0.1) is 5.10 Å². The highest BCUT2D eigenvalue weighted by atomic mass is 32.2. The lowest BCUT2D eigenvalue weighted by Crippen LogP contribution is -2.37. The van der Waals surface area contributed by atoms with Crippen LogP contribution in [0.4, 0.5) is 5.82 Å². The van der Waals surface area contributed by atoms with Crippen molar-refractivity contribution in [1.82, 2.24) is 29.8 Å². The standard InChI is InChI=1S/C18H21N7O4S/c1-10(2)8-24-15(19)14(16(27)20-17(24)28)12(26)9-30-18-21-22-23-25(18)11-6-4-5-7-13(11)29-3/h4-7,10H,8-9,19H2,1-3H3,(H,20,27,28). The van der Waals surface area contributed by atoms with Crippen LogP contribution in [0.1, 0.15) is 24.2 Å². The number of thioether (sulfide) groups is 1. The van der Waals surface area contributed by atoms with Gasteiger partial charge in [0.2, 0.25) is 5.16 Å². The molecule has 12 heteroatoms. The molecule has 0 radical (unpaired) electrons. The number of aromatic amines is 1. The molecule has 0 aliphatic heterocycles. The number of ether oxygens (including phenoxy) is 1. The fraction of sp³-hybridized carbons (Fsp3) is 0.333. The average molecular weight is 431 g/mol. The minimum Gasteiger partial charge on any atom is -0.494 e. The number of nitrogens with zero attached hydrogens (tertiary/aromatic N) is 5. The second kappa shape index (κ2) is 8.95. The summed E-state index contributed by atoms with van der Waals surface area (Å²) in [6.07, 6.45) is 0. The van der Waals surface area contributed by atoms with Crippen molar-refractivity contribution in [2.75, 3.05) is 18.6 Å². The number of carbonyl (C=O) groups is 1. The van der Waals surface area contributed by atoms with E-state index in [1.54, 1.807) is 18.2 Å². The maximum absolute atomic E-state index is 12.8. The first-order valence-electron chi connectivity index (χ1n) is 9.03. The van der Waals surface area contributed by atoms with Crippen LogP contribution in [0, 0.1) is 5.92 Å². The maximum Gasteiger partial charge on any atom is 0.329 e. The summed E-state index contributed by atoms with van der Waals surface area (Å²) in [6.45, 7) is 4.07. The van der Waals surface area contributed by atoms with Crippen molar-refractivity contribution in [3.8, 4) is 11.4 Å². The van der Waals surface area contributed by atoms with E-state index in [0.29, 0.717) is 16.6 Å². The van der Waals surface area contributed by atoms with E-state index >= 15 is 0 Å². The predicted octanol–water partition coefficient (Wildman–Crippen LogP) is 0.734. The molecule has 0 aliphatic carbocycles. The van der Waals surface area contributed by atoms with Gasteiger partial charge in [-0.25, -0.2) is 4.79 Å². The van der Waals surface area contributed by atoms with Gasteiger partial charge in [0.15, 0.2) is 5.78 Å². The zero-order valence-electron chi connectivity index (χ0n) is 16.7. The maximum atomic E-state index is 12.8. The summed E-state index contributed by atoms with van der Waals surface area (Å²) in [5.74, 6) is -0.181. The summed E-state index contributed by atoms with van der Waals surface area (Å²) in [7, 11) is 1.53. The van der Waals surface area contributed by atoms with E-state index in [1.165, 1.54) is 16.4 Å². The normalized spacial score (nSPS) is 11.1. The molecule has 0 aliphatic rings. The second-order valence-corrected chi connectivity index (χ2v) is 7.72. The van der Waals surface area contributed by atoms with Crippen LogP contribution in [-0.2, 0) is 6.54 Å². The smallest absolute Gasteiger partial charge is 0.329 e. The van der Waals surface area contributed by atoms with Gasteiger partial charge in [0, 0.05) is 6.54 Å². The molecular formula is C18H21N7O4S. The monoisotopic (exact) mass is 431 g/mol. The Labute approximate surface area is 175 Å². The molecule has 2 heterocycles. The third-order valence-corrected chi connectivity index (χ3v) is 5.07. The molecule has 2 aromatic heterocycles. The number of hydrogen-bond donors (Lipinski definition) is 2. The molecule has 1 aromatic carbocycles. The van der Waals surface area contributed by atoms with Crippen LogP contribution in [0.3, 0.4) is 0 Å². The highest BCUT2D eigenvalue weighted by Gasteiger charge is 2.21. The average Bonchev–Trinajstić information content (AvgIpc) is 3.17. The zero-order valence-corrected chi connectivity index (χ0v) is 17.5. The Kier molecular flexibility index (Phi) is 6.35. The molecule has 3 aromatic rings. The SMILES string of the molecule is COc1ccccc1-n1nnnc1SCC(=O)c1c(N)n(CC(C)C)c(=O)[nH]c1=O. The van der Waals surface area contributed by atoms with Crippen LogP contribution in [0.5, 0.6) is 5.75 Å². The molecule has 0 saturated carbocycles. The molecule has 0 atom stereocenters. The van der Waals surface area contributed by atoms with Crippen molar-refractivity contribution in [2.45, 2.75) is 25.5 Å². The van der Waals surface area contributed by atoms with Gasteiger partial charge in [0.05, 0.1) is 12.9 Å². The number of methoxy groups -OCH3 is 1. The summed E-state index contributed by atoms with van der Waals surface area (Å²) in [4.78, 5) is 39.2. The predicted molar refractivity (Wildman–Crippen MR) is 111 cm³/mol. The van der Waals surface area contributed by atoms with Gasteiger partial charge in [-0.2, -0.15) is 4.68 Å². The fourth-order valence-corrected chi connectivity index (χ4v) is 3.59. The molecule has 0 spiro atoms. The molecular weight excluding hydrogens is 410 g/mol. The molecule has 30 heavy (non-hydrogen) atoms. The van der Waals surface area contributed by atoms with E-state index in [9.17, 15) is 14.4 Å². The van der Waals surface area contributed by atoms with Gasteiger partial charge in [0.1, 0.15) is 22.8 Å². The number of nitrogens with two attached hydrogens (primary N) is 1. The van der Waals surface area contributed by atoms with E-state index in [1.807, 2.05) is 19.9 Å². The Morgan fingerprint density at radius 1 is 1.30 bits per heavy atom. The lowest BCUT2D eigenvalue weighted by molar-refractivity contribution is 0.102. The molecule has 3 N–H and O–H groups in total. The minimum absolute atomic E-state index is 0.0960. The van der Waals surface area contributed by atoms with Gasteiger partial charge >= 0.3 is 5.69 Å². The molecule has 0 amide bonds. The Morgan fingerprint density at radius 3 is 2.73 bits per heavy atom. The first-order valence-corrected chi connectivity index (χ1v) is 10.0. The van der Waals surface area contributed by atoms with E-state index in [4.69, 9.17) is 10.5 Å². The molecule has 0 bridgehead atoms. The number of nitrogens with one attached hydrogen (secondary N) is 1. The van der Waals surface area contributed by atoms with Gasteiger partial charge in [-0.1, -0.05) is 37.7 Å². The molecule has 0 saturated heterocycles. The van der Waals surface area contributed by atoms with E-state index in [0.717, 1.165) is 11.8 Å². The largest absolute Gasteiger partial charge is 0.494 e. The number of H-pyrrole nitrogens is 1. The number of aromatic nitrogens is 6.